The Bertz CT molecular complexity index is 418. The van der Waals surface area contributed by atoms with E-state index in [9.17, 15) is 8.42 Å². The molecule has 0 saturated heterocycles. The number of nitrogens with one attached hydrogen (secondary N) is 2. The van der Waals surface area contributed by atoms with Gasteiger partial charge in [0.1, 0.15) is 27.8 Å². The molecule has 0 spiro atoms. The highest BCUT2D eigenvalue weighted by Crippen LogP contribution is 2.06. The third kappa shape index (κ3) is 4.59. The molecule has 7 heteroatoms. The Kier molecular flexibility index (Phi) is 3.84. The highest BCUT2D eigenvalue weighted by molar-refractivity contribution is 7.90. The number of anilines is 2. The van der Waals surface area contributed by atoms with E-state index in [4.69, 9.17) is 0 Å². The van der Waals surface area contributed by atoms with Crippen LogP contribution < -0.4 is 10.6 Å². The van der Waals surface area contributed by atoms with Crippen LogP contribution in [0.25, 0.3) is 0 Å². The molecule has 1 rings (SSSR count). The predicted molar refractivity (Wildman–Crippen MR) is 59.8 cm³/mol. The number of hydrogen-bond acceptors (Lipinski definition) is 6. The summed E-state index contributed by atoms with van der Waals surface area (Å²) in [6.07, 6.45) is 2.61. The summed E-state index contributed by atoms with van der Waals surface area (Å²) < 4.78 is 21.7. The first-order valence-electron chi connectivity index (χ1n) is 4.42. The van der Waals surface area contributed by atoms with Crippen LogP contribution in [0.15, 0.2) is 12.4 Å². The van der Waals surface area contributed by atoms with Gasteiger partial charge in [0.2, 0.25) is 0 Å². The van der Waals surface area contributed by atoms with Crippen molar-refractivity contribution in [3.8, 4) is 0 Å². The molecule has 0 aliphatic carbocycles. The van der Waals surface area contributed by atoms with Crippen molar-refractivity contribution in [3.05, 3.63) is 12.4 Å². The van der Waals surface area contributed by atoms with Crippen molar-refractivity contribution in [2.75, 3.05) is 36.2 Å². The molecule has 0 radical (unpaired) electrons. The second kappa shape index (κ2) is 4.92. The molecule has 1 aromatic rings. The van der Waals surface area contributed by atoms with Crippen LogP contribution in [0.3, 0.4) is 0 Å². The lowest BCUT2D eigenvalue weighted by Gasteiger charge is -2.05. The van der Waals surface area contributed by atoms with Gasteiger partial charge in [-0.1, -0.05) is 0 Å². The molecule has 0 aromatic carbocycles. The minimum Gasteiger partial charge on any atom is -0.373 e. The summed E-state index contributed by atoms with van der Waals surface area (Å²) >= 11 is 0. The van der Waals surface area contributed by atoms with Crippen molar-refractivity contribution in [2.24, 2.45) is 0 Å². The summed E-state index contributed by atoms with van der Waals surface area (Å²) in [6.45, 7) is 0.346. The van der Waals surface area contributed by atoms with Gasteiger partial charge in [0.05, 0.1) is 5.75 Å². The van der Waals surface area contributed by atoms with Crippen molar-refractivity contribution in [3.63, 3.8) is 0 Å². The van der Waals surface area contributed by atoms with E-state index in [1.807, 2.05) is 0 Å². The molecule has 15 heavy (non-hydrogen) atoms. The minimum absolute atomic E-state index is 0.0892. The summed E-state index contributed by atoms with van der Waals surface area (Å²) in [6, 6.07) is 1.71. The van der Waals surface area contributed by atoms with Crippen molar-refractivity contribution in [2.45, 2.75) is 0 Å². The van der Waals surface area contributed by atoms with Crippen molar-refractivity contribution in [1.82, 2.24) is 9.97 Å². The van der Waals surface area contributed by atoms with Crippen molar-refractivity contribution in [1.29, 1.82) is 0 Å². The van der Waals surface area contributed by atoms with Crippen LogP contribution in [-0.4, -0.2) is 44.0 Å². The first-order chi connectivity index (χ1) is 7.01. The van der Waals surface area contributed by atoms with Crippen LogP contribution in [0.5, 0.6) is 0 Å². The molecule has 0 atom stereocenters. The van der Waals surface area contributed by atoms with Crippen molar-refractivity contribution >= 4 is 21.5 Å². The van der Waals surface area contributed by atoms with Gasteiger partial charge in [-0.05, 0) is 0 Å². The number of aromatic nitrogens is 2. The van der Waals surface area contributed by atoms with Gasteiger partial charge in [0, 0.05) is 25.9 Å². The van der Waals surface area contributed by atoms with Crippen molar-refractivity contribution < 1.29 is 8.42 Å². The third-order valence-electron chi connectivity index (χ3n) is 1.70. The van der Waals surface area contributed by atoms with Gasteiger partial charge in [0.15, 0.2) is 0 Å². The van der Waals surface area contributed by atoms with Crippen LogP contribution in [-0.2, 0) is 9.84 Å². The Morgan fingerprint density at radius 1 is 1.33 bits per heavy atom. The van der Waals surface area contributed by atoms with Crippen LogP contribution in [0, 0.1) is 0 Å². The molecule has 0 unspecified atom stereocenters. The molecule has 0 fully saturated rings. The second-order valence-corrected chi connectivity index (χ2v) is 5.35. The molecule has 84 valence electrons. The lowest BCUT2D eigenvalue weighted by molar-refractivity contribution is 0.602. The van der Waals surface area contributed by atoms with Gasteiger partial charge in [-0.15, -0.1) is 0 Å². The standard InChI is InChI=1S/C8H14N4O2S/c1-9-7-5-8(12-6-11-7)10-3-4-15(2,13)14/h5-6H,3-4H2,1-2H3,(H2,9,10,11,12). The monoisotopic (exact) mass is 230 g/mol. The fourth-order valence-electron chi connectivity index (χ4n) is 0.955. The molecule has 1 aromatic heterocycles. The molecular weight excluding hydrogens is 216 g/mol. The zero-order chi connectivity index (χ0) is 11.3. The van der Waals surface area contributed by atoms with E-state index in [0.29, 0.717) is 18.2 Å². The number of nitrogens with zero attached hydrogens (tertiary/aromatic N) is 2. The van der Waals surface area contributed by atoms with Gasteiger partial charge < -0.3 is 10.6 Å². The van der Waals surface area contributed by atoms with Gasteiger partial charge in [-0.3, -0.25) is 0 Å². The lowest BCUT2D eigenvalue weighted by Crippen LogP contribution is -2.14. The summed E-state index contributed by atoms with van der Waals surface area (Å²) in [5.74, 6) is 1.39. The van der Waals surface area contributed by atoms with E-state index in [-0.39, 0.29) is 5.75 Å². The Hall–Kier alpha value is -1.37. The van der Waals surface area contributed by atoms with Gasteiger partial charge in [-0.2, -0.15) is 0 Å². The second-order valence-electron chi connectivity index (χ2n) is 3.10. The molecule has 0 bridgehead atoms. The molecule has 6 nitrogen and oxygen atoms in total. The van der Waals surface area contributed by atoms with Crippen LogP contribution in [0.1, 0.15) is 0 Å². The van der Waals surface area contributed by atoms with E-state index < -0.39 is 9.84 Å². The number of sulfone groups is 1. The zero-order valence-electron chi connectivity index (χ0n) is 8.69. The Morgan fingerprint density at radius 2 is 2.00 bits per heavy atom. The van der Waals surface area contributed by atoms with Gasteiger partial charge in [-0.25, -0.2) is 18.4 Å². The first-order valence-corrected chi connectivity index (χ1v) is 6.49. The zero-order valence-corrected chi connectivity index (χ0v) is 9.50. The summed E-state index contributed by atoms with van der Waals surface area (Å²) in [4.78, 5) is 7.88. The highest BCUT2D eigenvalue weighted by Gasteiger charge is 2.02. The average molecular weight is 230 g/mol. The average Bonchev–Trinajstić information content (AvgIpc) is 2.16. The summed E-state index contributed by atoms with van der Waals surface area (Å²) in [5.41, 5.74) is 0. The predicted octanol–water partition coefficient (Wildman–Crippen LogP) is -0.0252. The van der Waals surface area contributed by atoms with Gasteiger partial charge in [0.25, 0.3) is 0 Å². The first kappa shape index (κ1) is 11.7. The van der Waals surface area contributed by atoms with Gasteiger partial charge >= 0.3 is 0 Å². The number of hydrogen-bond donors (Lipinski definition) is 2. The smallest absolute Gasteiger partial charge is 0.149 e. The largest absolute Gasteiger partial charge is 0.373 e. The fraction of sp³-hybridized carbons (Fsp3) is 0.500. The molecule has 2 N–H and O–H groups in total. The topological polar surface area (TPSA) is 84.0 Å². The quantitative estimate of drug-likeness (QED) is 0.739. The SMILES string of the molecule is CNc1cc(NCCS(C)(=O)=O)ncn1. The number of rotatable bonds is 5. The summed E-state index contributed by atoms with van der Waals surface area (Å²) in [5, 5.41) is 5.77. The molecule has 0 aliphatic rings. The Balaban J connectivity index is 2.51. The molecule has 0 amide bonds. The highest BCUT2D eigenvalue weighted by atomic mass is 32.2. The molecule has 1 heterocycles. The van der Waals surface area contributed by atoms with Crippen LogP contribution in [0.4, 0.5) is 11.6 Å². The molecule has 0 aliphatic heterocycles. The maximum absolute atomic E-state index is 10.9. The van der Waals surface area contributed by atoms with E-state index in [1.165, 1.54) is 12.6 Å². The molecule has 0 saturated carbocycles. The van der Waals surface area contributed by atoms with Crippen LogP contribution in [0.2, 0.25) is 0 Å². The molecular formula is C8H14N4O2S. The minimum atomic E-state index is -2.93. The summed E-state index contributed by atoms with van der Waals surface area (Å²) in [7, 11) is -1.18. The van der Waals surface area contributed by atoms with E-state index in [1.54, 1.807) is 13.1 Å². The normalized spacial score (nSPS) is 11.1. The third-order valence-corrected chi connectivity index (χ3v) is 2.65. The van der Waals surface area contributed by atoms with E-state index in [0.717, 1.165) is 0 Å². The maximum Gasteiger partial charge on any atom is 0.149 e. The Labute approximate surface area is 89.1 Å². The maximum atomic E-state index is 10.9. The van der Waals surface area contributed by atoms with Crippen LogP contribution >= 0.6 is 0 Å². The fourth-order valence-corrected chi connectivity index (χ4v) is 1.43. The Morgan fingerprint density at radius 3 is 2.60 bits per heavy atom. The van der Waals surface area contributed by atoms with E-state index in [2.05, 4.69) is 20.6 Å². The van der Waals surface area contributed by atoms with E-state index >= 15 is 0 Å². The lowest BCUT2D eigenvalue weighted by atomic mass is 10.5.